The van der Waals surface area contributed by atoms with E-state index in [9.17, 15) is 17.2 Å². The van der Waals surface area contributed by atoms with Crippen molar-refractivity contribution >= 4 is 27.1 Å². The van der Waals surface area contributed by atoms with Gasteiger partial charge in [0.15, 0.2) is 0 Å². The molecule has 0 fully saturated rings. The van der Waals surface area contributed by atoms with Crippen LogP contribution in [0.1, 0.15) is 0 Å². The number of halogens is 2. The normalized spacial score (nSPS) is 11.3. The first kappa shape index (κ1) is 14.2. The molecule has 2 rings (SSSR count). The molecule has 0 heterocycles. The number of primary sulfonamides is 1. The lowest BCUT2D eigenvalue weighted by molar-refractivity contribution is 0.585. The molecule has 0 bridgehead atoms. The minimum Gasteiger partial charge on any atom is -0.399 e. The second-order valence-corrected chi connectivity index (χ2v) is 5.58. The molecule has 0 aliphatic rings. The number of nitrogens with two attached hydrogens (primary N) is 2. The molecule has 2 aromatic carbocycles. The van der Waals surface area contributed by atoms with E-state index in [1.165, 1.54) is 12.1 Å². The molecule has 0 saturated carbocycles. The van der Waals surface area contributed by atoms with E-state index >= 15 is 0 Å². The summed E-state index contributed by atoms with van der Waals surface area (Å²) in [6.45, 7) is 0. The summed E-state index contributed by atoms with van der Waals surface area (Å²) in [7, 11) is -4.04. The molecule has 2 aromatic rings. The van der Waals surface area contributed by atoms with Crippen LogP contribution >= 0.6 is 0 Å². The zero-order valence-corrected chi connectivity index (χ0v) is 10.9. The van der Waals surface area contributed by atoms with Crippen molar-refractivity contribution in [2.24, 2.45) is 5.14 Å². The van der Waals surface area contributed by atoms with Crippen molar-refractivity contribution in [2.75, 3.05) is 11.1 Å². The van der Waals surface area contributed by atoms with Crippen molar-refractivity contribution in [1.82, 2.24) is 0 Å². The monoisotopic (exact) mass is 299 g/mol. The second-order valence-electron chi connectivity index (χ2n) is 4.05. The van der Waals surface area contributed by atoms with Crippen LogP contribution in [0.15, 0.2) is 41.3 Å². The summed E-state index contributed by atoms with van der Waals surface area (Å²) in [5.41, 5.74) is 5.66. The second kappa shape index (κ2) is 5.06. The van der Waals surface area contributed by atoms with E-state index in [1.54, 1.807) is 0 Å². The van der Waals surface area contributed by atoms with Crippen molar-refractivity contribution in [3.8, 4) is 0 Å². The van der Waals surface area contributed by atoms with Crippen LogP contribution in [0.2, 0.25) is 0 Å². The number of hydrogen-bond donors (Lipinski definition) is 3. The molecule has 5 nitrogen and oxygen atoms in total. The van der Waals surface area contributed by atoms with Crippen molar-refractivity contribution in [3.05, 3.63) is 48.0 Å². The van der Waals surface area contributed by atoms with Crippen LogP contribution in [0, 0.1) is 11.6 Å². The number of benzene rings is 2. The van der Waals surface area contributed by atoms with Gasteiger partial charge in [-0.1, -0.05) is 0 Å². The number of sulfonamides is 1. The minimum atomic E-state index is -4.04. The smallest absolute Gasteiger partial charge is 0.240 e. The molecule has 0 aromatic heterocycles. The van der Waals surface area contributed by atoms with Crippen LogP contribution in [0.4, 0.5) is 25.8 Å². The Morgan fingerprint density at radius 3 is 2.25 bits per heavy atom. The summed E-state index contributed by atoms with van der Waals surface area (Å²) in [5, 5.41) is 7.61. The molecule has 0 saturated heterocycles. The maximum absolute atomic E-state index is 13.5. The Hall–Kier alpha value is -2.19. The van der Waals surface area contributed by atoms with E-state index in [4.69, 9.17) is 10.9 Å². The van der Waals surface area contributed by atoms with Gasteiger partial charge >= 0.3 is 0 Å². The molecule has 0 aliphatic heterocycles. The van der Waals surface area contributed by atoms with Gasteiger partial charge in [-0.25, -0.2) is 22.3 Å². The summed E-state index contributed by atoms with van der Waals surface area (Å²) in [6.07, 6.45) is 0. The predicted octanol–water partition coefficient (Wildman–Crippen LogP) is 1.94. The fourth-order valence-electron chi connectivity index (χ4n) is 1.61. The summed E-state index contributed by atoms with van der Waals surface area (Å²) in [5.74, 6) is -1.60. The molecule has 0 radical (unpaired) electrons. The lowest BCUT2D eigenvalue weighted by Gasteiger charge is -2.12. The lowest BCUT2D eigenvalue weighted by Crippen LogP contribution is -2.14. The molecule has 20 heavy (non-hydrogen) atoms. The fourth-order valence-corrected chi connectivity index (χ4v) is 2.34. The highest BCUT2D eigenvalue weighted by atomic mass is 32.2. The average Bonchev–Trinajstić information content (AvgIpc) is 2.33. The number of nitrogen functional groups attached to an aromatic ring is 1. The van der Waals surface area contributed by atoms with E-state index in [-0.39, 0.29) is 22.0 Å². The number of nitrogens with one attached hydrogen (secondary N) is 1. The van der Waals surface area contributed by atoms with Gasteiger partial charge < -0.3 is 11.1 Å². The first-order valence-electron chi connectivity index (χ1n) is 5.42. The van der Waals surface area contributed by atoms with Gasteiger partial charge in [0.25, 0.3) is 0 Å². The summed E-state index contributed by atoms with van der Waals surface area (Å²) in [4.78, 5) is -0.277. The highest BCUT2D eigenvalue weighted by Crippen LogP contribution is 2.27. The molecular weight excluding hydrogens is 288 g/mol. The molecule has 0 aliphatic carbocycles. The van der Waals surface area contributed by atoms with Crippen molar-refractivity contribution in [3.63, 3.8) is 0 Å². The Morgan fingerprint density at radius 1 is 1.00 bits per heavy atom. The van der Waals surface area contributed by atoms with E-state index in [0.29, 0.717) is 6.07 Å². The Balaban J connectivity index is 2.49. The molecule has 0 amide bonds. The molecule has 8 heteroatoms. The first-order chi connectivity index (χ1) is 9.27. The fraction of sp³-hybridized carbons (Fsp3) is 0. The van der Waals surface area contributed by atoms with Crippen LogP contribution in [-0.4, -0.2) is 8.42 Å². The third kappa shape index (κ3) is 3.03. The van der Waals surface area contributed by atoms with Gasteiger partial charge in [0.05, 0.1) is 11.4 Å². The lowest BCUT2D eigenvalue weighted by atomic mass is 10.2. The van der Waals surface area contributed by atoms with E-state index < -0.39 is 21.7 Å². The quantitative estimate of drug-likeness (QED) is 0.754. The van der Waals surface area contributed by atoms with E-state index in [2.05, 4.69) is 5.32 Å². The minimum absolute atomic E-state index is 0.0483. The zero-order valence-electron chi connectivity index (χ0n) is 10.1. The molecular formula is C12H11F2N3O2S. The Kier molecular flexibility index (Phi) is 3.60. The Morgan fingerprint density at radius 2 is 1.65 bits per heavy atom. The largest absolute Gasteiger partial charge is 0.399 e. The van der Waals surface area contributed by atoms with Crippen molar-refractivity contribution < 1.29 is 17.2 Å². The Labute approximate surface area is 114 Å². The van der Waals surface area contributed by atoms with Gasteiger partial charge in [-0.05, 0) is 30.3 Å². The maximum atomic E-state index is 13.5. The van der Waals surface area contributed by atoms with Gasteiger partial charge in [0, 0.05) is 11.8 Å². The van der Waals surface area contributed by atoms with Gasteiger partial charge in [-0.2, -0.15) is 0 Å². The summed E-state index contributed by atoms with van der Waals surface area (Å²) >= 11 is 0. The third-order valence-corrected chi connectivity index (χ3v) is 3.46. The third-order valence-electron chi connectivity index (χ3n) is 2.51. The van der Waals surface area contributed by atoms with Gasteiger partial charge in [0.2, 0.25) is 10.0 Å². The maximum Gasteiger partial charge on any atom is 0.240 e. The van der Waals surface area contributed by atoms with Gasteiger partial charge in [-0.3, -0.25) is 0 Å². The average molecular weight is 299 g/mol. The van der Waals surface area contributed by atoms with Crippen LogP contribution in [0.5, 0.6) is 0 Å². The standard InChI is InChI=1S/C12H11F2N3O2S/c13-7-1-3-10(9(14)5-7)17-11-4-2-8(15)6-12(11)20(16,18)19/h1-6,17H,15H2,(H2,16,18,19). The van der Waals surface area contributed by atoms with Crippen LogP contribution < -0.4 is 16.2 Å². The SMILES string of the molecule is Nc1ccc(Nc2ccc(F)cc2F)c(S(N)(=O)=O)c1. The summed E-state index contributed by atoms with van der Waals surface area (Å²) in [6, 6.07) is 6.79. The van der Waals surface area contributed by atoms with Crippen LogP contribution in [0.25, 0.3) is 0 Å². The zero-order chi connectivity index (χ0) is 14.9. The molecule has 5 N–H and O–H groups in total. The van der Waals surface area contributed by atoms with E-state index in [1.807, 2.05) is 0 Å². The van der Waals surface area contributed by atoms with Crippen molar-refractivity contribution in [1.29, 1.82) is 0 Å². The van der Waals surface area contributed by atoms with Gasteiger partial charge in [-0.15, -0.1) is 0 Å². The van der Waals surface area contributed by atoms with Crippen LogP contribution in [-0.2, 0) is 10.0 Å². The molecule has 0 atom stereocenters. The van der Waals surface area contributed by atoms with Crippen molar-refractivity contribution in [2.45, 2.75) is 4.90 Å². The van der Waals surface area contributed by atoms with Gasteiger partial charge in [0.1, 0.15) is 16.5 Å². The number of anilines is 3. The highest BCUT2D eigenvalue weighted by molar-refractivity contribution is 7.89. The van der Waals surface area contributed by atoms with E-state index in [0.717, 1.165) is 18.2 Å². The highest BCUT2D eigenvalue weighted by Gasteiger charge is 2.15. The molecule has 0 unspecified atom stereocenters. The molecule has 0 spiro atoms. The molecule has 106 valence electrons. The number of hydrogen-bond acceptors (Lipinski definition) is 4. The number of rotatable bonds is 3. The van der Waals surface area contributed by atoms with Crippen LogP contribution in [0.3, 0.4) is 0 Å². The summed E-state index contributed by atoms with van der Waals surface area (Å²) < 4.78 is 49.3. The first-order valence-corrected chi connectivity index (χ1v) is 6.96. The topological polar surface area (TPSA) is 98.2 Å². The predicted molar refractivity (Wildman–Crippen MR) is 71.9 cm³/mol. The Bertz CT molecular complexity index is 763.